The van der Waals surface area contributed by atoms with Crippen LogP contribution in [0.5, 0.6) is 0 Å². The molecule has 0 saturated carbocycles. The quantitative estimate of drug-likeness (QED) is 0.798. The number of rotatable bonds is 1. The predicted octanol–water partition coefficient (Wildman–Crippen LogP) is 3.47. The van der Waals surface area contributed by atoms with Gasteiger partial charge in [0.15, 0.2) is 11.6 Å². The molecule has 4 heteroatoms. The first kappa shape index (κ1) is 14.7. The Morgan fingerprint density at radius 1 is 1.00 bits per heavy atom. The van der Waals surface area contributed by atoms with Gasteiger partial charge in [-0.25, -0.2) is 9.67 Å². The molecule has 0 amide bonds. The third-order valence-corrected chi connectivity index (χ3v) is 3.29. The molecule has 0 radical (unpaired) electrons. The molecule has 0 aliphatic carbocycles. The van der Waals surface area contributed by atoms with E-state index in [9.17, 15) is 0 Å². The van der Waals surface area contributed by atoms with Crippen molar-refractivity contribution in [1.29, 1.82) is 0 Å². The normalized spacial score (nSPS) is 12.8. The maximum Gasteiger partial charge on any atom is 0.176 e. The van der Waals surface area contributed by atoms with Gasteiger partial charge in [-0.2, -0.15) is 5.10 Å². The summed E-state index contributed by atoms with van der Waals surface area (Å²) in [6, 6.07) is 4.17. The van der Waals surface area contributed by atoms with Gasteiger partial charge in [0.25, 0.3) is 0 Å². The Balaban J connectivity index is 2.50. The van der Waals surface area contributed by atoms with Crippen molar-refractivity contribution in [2.75, 3.05) is 0 Å². The summed E-state index contributed by atoms with van der Waals surface area (Å²) in [5.74, 6) is 1.67. The number of aromatic nitrogens is 4. The minimum Gasteiger partial charge on any atom is -0.253 e. The van der Waals surface area contributed by atoms with Gasteiger partial charge in [0, 0.05) is 18.7 Å². The maximum absolute atomic E-state index is 4.66. The van der Waals surface area contributed by atoms with E-state index in [1.807, 2.05) is 17.9 Å². The van der Waals surface area contributed by atoms with Gasteiger partial charge in [-0.3, -0.25) is 4.98 Å². The van der Waals surface area contributed by atoms with Crippen molar-refractivity contribution >= 4 is 0 Å². The molecule has 0 bridgehead atoms. The van der Waals surface area contributed by atoms with E-state index in [-0.39, 0.29) is 10.8 Å². The van der Waals surface area contributed by atoms with Crippen LogP contribution in [0.1, 0.15) is 52.9 Å². The van der Waals surface area contributed by atoms with Crippen molar-refractivity contribution < 1.29 is 0 Å². The molecular formula is C16H24N4. The number of pyridine rings is 1. The SMILES string of the molecule is Cn1nc(C(C)(C)C)nc1-c1cc(C(C)(C)C)ccn1. The number of hydrogen-bond acceptors (Lipinski definition) is 3. The standard InChI is InChI=1S/C16H24N4/c1-15(2,3)11-8-9-17-12(10-11)13-18-14(16(4,5)6)19-20(13)7/h8-10H,1-7H3. The first-order valence-electron chi connectivity index (χ1n) is 6.97. The van der Waals surface area contributed by atoms with E-state index in [0.717, 1.165) is 17.3 Å². The van der Waals surface area contributed by atoms with Crippen LogP contribution in [0, 0.1) is 0 Å². The van der Waals surface area contributed by atoms with Crippen molar-refractivity contribution in [2.24, 2.45) is 7.05 Å². The van der Waals surface area contributed by atoms with Crippen LogP contribution >= 0.6 is 0 Å². The summed E-state index contributed by atoms with van der Waals surface area (Å²) in [5, 5.41) is 4.52. The second kappa shape index (κ2) is 4.69. The van der Waals surface area contributed by atoms with Crippen molar-refractivity contribution in [2.45, 2.75) is 52.4 Å². The molecule has 0 aliphatic rings. The van der Waals surface area contributed by atoms with Crippen LogP contribution in [0.4, 0.5) is 0 Å². The number of hydrogen-bond donors (Lipinski definition) is 0. The summed E-state index contributed by atoms with van der Waals surface area (Å²) < 4.78 is 1.81. The lowest BCUT2D eigenvalue weighted by Gasteiger charge is -2.19. The van der Waals surface area contributed by atoms with E-state index in [4.69, 9.17) is 0 Å². The molecule has 0 fully saturated rings. The molecule has 0 saturated heterocycles. The fraction of sp³-hybridized carbons (Fsp3) is 0.562. The molecule has 20 heavy (non-hydrogen) atoms. The van der Waals surface area contributed by atoms with Crippen molar-refractivity contribution in [1.82, 2.24) is 19.7 Å². The Hall–Kier alpha value is -1.71. The topological polar surface area (TPSA) is 43.6 Å². The monoisotopic (exact) mass is 272 g/mol. The van der Waals surface area contributed by atoms with Crippen molar-refractivity contribution in [3.05, 3.63) is 29.7 Å². The van der Waals surface area contributed by atoms with E-state index >= 15 is 0 Å². The first-order chi connectivity index (χ1) is 9.09. The summed E-state index contributed by atoms with van der Waals surface area (Å²) in [6.07, 6.45) is 1.85. The van der Waals surface area contributed by atoms with Crippen LogP contribution in [0.25, 0.3) is 11.5 Å². The second-order valence-corrected chi connectivity index (χ2v) is 7.31. The Morgan fingerprint density at radius 3 is 2.15 bits per heavy atom. The maximum atomic E-state index is 4.66. The van der Waals surface area contributed by atoms with Crippen LogP contribution in [0.2, 0.25) is 0 Å². The highest BCUT2D eigenvalue weighted by atomic mass is 15.3. The van der Waals surface area contributed by atoms with Crippen molar-refractivity contribution in [3.8, 4) is 11.5 Å². The van der Waals surface area contributed by atoms with E-state index in [2.05, 4.69) is 68.7 Å². The van der Waals surface area contributed by atoms with Crippen LogP contribution in [0.3, 0.4) is 0 Å². The summed E-state index contributed by atoms with van der Waals surface area (Å²) in [6.45, 7) is 12.9. The highest BCUT2D eigenvalue weighted by Gasteiger charge is 2.22. The van der Waals surface area contributed by atoms with Crippen molar-refractivity contribution in [3.63, 3.8) is 0 Å². The van der Waals surface area contributed by atoms with Gasteiger partial charge in [0.1, 0.15) is 5.69 Å². The average molecular weight is 272 g/mol. The molecule has 0 N–H and O–H groups in total. The molecular weight excluding hydrogens is 248 g/mol. The molecule has 2 heterocycles. The highest BCUT2D eigenvalue weighted by molar-refractivity contribution is 5.51. The molecule has 2 aromatic heterocycles. The summed E-state index contributed by atoms with van der Waals surface area (Å²) >= 11 is 0. The smallest absolute Gasteiger partial charge is 0.176 e. The fourth-order valence-corrected chi connectivity index (χ4v) is 1.94. The van der Waals surface area contributed by atoms with Gasteiger partial charge in [0.05, 0.1) is 0 Å². The van der Waals surface area contributed by atoms with Gasteiger partial charge in [-0.05, 0) is 23.1 Å². The molecule has 2 aromatic rings. The first-order valence-corrected chi connectivity index (χ1v) is 6.97. The molecule has 0 aliphatic heterocycles. The van der Waals surface area contributed by atoms with Crippen LogP contribution < -0.4 is 0 Å². The fourth-order valence-electron chi connectivity index (χ4n) is 1.94. The molecule has 0 unspecified atom stereocenters. The van der Waals surface area contributed by atoms with Crippen LogP contribution in [-0.2, 0) is 17.9 Å². The Labute approximate surface area is 121 Å². The van der Waals surface area contributed by atoms with Gasteiger partial charge in [-0.15, -0.1) is 0 Å². The summed E-state index contributed by atoms with van der Waals surface area (Å²) in [4.78, 5) is 9.12. The Kier molecular flexibility index (Phi) is 3.44. The summed E-state index contributed by atoms with van der Waals surface area (Å²) in [7, 11) is 1.92. The zero-order valence-electron chi connectivity index (χ0n) is 13.5. The van der Waals surface area contributed by atoms with Gasteiger partial charge < -0.3 is 0 Å². The third-order valence-electron chi connectivity index (χ3n) is 3.29. The van der Waals surface area contributed by atoms with Crippen LogP contribution in [0.15, 0.2) is 18.3 Å². The lowest BCUT2D eigenvalue weighted by molar-refractivity contribution is 0.538. The predicted molar refractivity (Wildman–Crippen MR) is 81.6 cm³/mol. The van der Waals surface area contributed by atoms with Gasteiger partial charge in [-0.1, -0.05) is 41.5 Å². The zero-order valence-corrected chi connectivity index (χ0v) is 13.5. The van der Waals surface area contributed by atoms with Gasteiger partial charge in [0.2, 0.25) is 0 Å². The van der Waals surface area contributed by atoms with E-state index in [1.54, 1.807) is 0 Å². The Morgan fingerprint density at radius 2 is 1.65 bits per heavy atom. The Bertz CT molecular complexity index is 612. The van der Waals surface area contributed by atoms with Gasteiger partial charge >= 0.3 is 0 Å². The van der Waals surface area contributed by atoms with E-state index in [0.29, 0.717) is 0 Å². The second-order valence-electron chi connectivity index (χ2n) is 7.31. The lowest BCUT2D eigenvalue weighted by atomic mass is 9.87. The zero-order chi connectivity index (χ0) is 15.1. The third kappa shape index (κ3) is 2.89. The minimum absolute atomic E-state index is 0.0579. The van der Waals surface area contributed by atoms with E-state index in [1.165, 1.54) is 5.56 Å². The molecule has 0 aromatic carbocycles. The average Bonchev–Trinajstić information content (AvgIpc) is 2.70. The lowest BCUT2D eigenvalue weighted by Crippen LogP contribution is -2.13. The van der Waals surface area contributed by atoms with Crippen LogP contribution in [-0.4, -0.2) is 19.7 Å². The molecule has 108 valence electrons. The number of nitrogens with zero attached hydrogens (tertiary/aromatic N) is 4. The number of aryl methyl sites for hydroxylation is 1. The molecule has 0 spiro atoms. The summed E-state index contributed by atoms with van der Waals surface area (Å²) in [5.41, 5.74) is 2.17. The molecule has 2 rings (SSSR count). The highest BCUT2D eigenvalue weighted by Crippen LogP contribution is 2.26. The minimum atomic E-state index is -0.0579. The van der Waals surface area contributed by atoms with E-state index < -0.39 is 0 Å². The molecule has 4 nitrogen and oxygen atoms in total. The largest absolute Gasteiger partial charge is 0.253 e. The molecule has 0 atom stereocenters.